The lowest BCUT2D eigenvalue weighted by Gasteiger charge is -2.17. The summed E-state index contributed by atoms with van der Waals surface area (Å²) in [4.78, 5) is 21.2. The lowest BCUT2D eigenvalue weighted by molar-refractivity contribution is -0.274. The van der Waals surface area contributed by atoms with Crippen LogP contribution in [-0.4, -0.2) is 32.2 Å². The van der Waals surface area contributed by atoms with Crippen molar-refractivity contribution in [1.82, 2.24) is 20.1 Å². The molecule has 0 aliphatic carbocycles. The van der Waals surface area contributed by atoms with E-state index in [0.29, 0.717) is 11.5 Å². The summed E-state index contributed by atoms with van der Waals surface area (Å²) in [5.41, 5.74) is 5.70. The molecule has 214 valence electrons. The summed E-state index contributed by atoms with van der Waals surface area (Å²) >= 11 is 1.48. The van der Waals surface area contributed by atoms with E-state index in [-0.39, 0.29) is 11.7 Å². The van der Waals surface area contributed by atoms with Gasteiger partial charge < -0.3 is 10.1 Å². The van der Waals surface area contributed by atoms with E-state index in [1.165, 1.54) is 58.2 Å². The monoisotopic (exact) mass is 589 g/mol. The van der Waals surface area contributed by atoms with E-state index < -0.39 is 12.4 Å². The highest BCUT2D eigenvalue weighted by Crippen LogP contribution is 2.40. The van der Waals surface area contributed by atoms with Crippen molar-refractivity contribution in [3.63, 3.8) is 0 Å². The topological polar surface area (TPSA) is 81.4 Å². The van der Waals surface area contributed by atoms with Crippen LogP contribution in [0, 0.1) is 0 Å². The molecule has 42 heavy (non-hydrogen) atoms. The van der Waals surface area contributed by atoms with Gasteiger partial charge in [-0.15, -0.1) is 18.3 Å². The van der Waals surface area contributed by atoms with Crippen LogP contribution in [0.5, 0.6) is 5.75 Å². The number of urea groups is 1. The summed E-state index contributed by atoms with van der Waals surface area (Å²) in [5.74, 6) is 0.112. The maximum Gasteiger partial charge on any atom is 0.573 e. The Balaban J connectivity index is 1.20. The van der Waals surface area contributed by atoms with Gasteiger partial charge in [-0.3, -0.25) is 0 Å². The van der Waals surface area contributed by atoms with E-state index in [4.69, 9.17) is 0 Å². The van der Waals surface area contributed by atoms with Crippen LogP contribution in [0.3, 0.4) is 0 Å². The van der Waals surface area contributed by atoms with Gasteiger partial charge in [0.2, 0.25) is 0 Å². The van der Waals surface area contributed by atoms with Crippen LogP contribution >= 0.6 is 11.8 Å². The molecule has 7 nitrogen and oxygen atoms in total. The first-order valence-electron chi connectivity index (χ1n) is 13.0. The lowest BCUT2D eigenvalue weighted by atomic mass is 9.89. The second kappa shape index (κ2) is 12.5. The molecule has 11 heteroatoms. The fourth-order valence-electron chi connectivity index (χ4n) is 4.50. The van der Waals surface area contributed by atoms with E-state index in [0.717, 1.165) is 28.2 Å². The Morgan fingerprint density at radius 1 is 1.10 bits per heavy atom. The Bertz CT molecular complexity index is 1660. The smallest absolute Gasteiger partial charge is 0.406 e. The van der Waals surface area contributed by atoms with Crippen molar-refractivity contribution in [3.8, 4) is 22.8 Å². The molecule has 0 spiro atoms. The van der Waals surface area contributed by atoms with E-state index >= 15 is 0 Å². The molecule has 0 bridgehead atoms. The van der Waals surface area contributed by atoms with E-state index in [1.807, 2.05) is 41.8 Å². The second-order valence-electron chi connectivity index (χ2n) is 9.37. The maximum atomic E-state index is 12.6. The molecule has 3 aromatic carbocycles. The maximum absolute atomic E-state index is 12.6. The molecular formula is C31H26F3N5O2S. The molecule has 5 rings (SSSR count). The summed E-state index contributed by atoms with van der Waals surface area (Å²) in [6.45, 7) is 4.18. The number of allylic oxidation sites excluding steroid dienone is 1. The molecule has 1 unspecified atom stereocenters. The highest BCUT2D eigenvalue weighted by molar-refractivity contribution is 8.17. The largest absolute Gasteiger partial charge is 0.573 e. The number of nitrogens with zero attached hydrogens (tertiary/aromatic N) is 4. The number of ether oxygens (including phenoxy) is 1. The molecule has 2 heterocycles. The van der Waals surface area contributed by atoms with Gasteiger partial charge in [-0.25, -0.2) is 14.5 Å². The number of halogens is 3. The number of benzene rings is 3. The van der Waals surface area contributed by atoms with Crippen molar-refractivity contribution >= 4 is 28.9 Å². The first-order valence-corrected chi connectivity index (χ1v) is 13.9. The van der Waals surface area contributed by atoms with Crippen LogP contribution in [0.15, 0.2) is 101 Å². The van der Waals surface area contributed by atoms with Crippen molar-refractivity contribution < 1.29 is 22.7 Å². The number of aliphatic imine (C=N–C) groups is 1. The fourth-order valence-corrected chi connectivity index (χ4v) is 5.52. The molecule has 1 aromatic heterocycles. The molecular weight excluding hydrogens is 563 g/mol. The number of carbonyl (C=O) groups excluding carboxylic acids is 1. The van der Waals surface area contributed by atoms with Crippen LogP contribution in [0.2, 0.25) is 0 Å². The number of rotatable bonds is 7. The molecule has 1 atom stereocenters. The number of alkyl halides is 3. The molecule has 0 fully saturated rings. The summed E-state index contributed by atoms with van der Waals surface area (Å²) in [6, 6.07) is 20.5. The summed E-state index contributed by atoms with van der Waals surface area (Å²) < 4.78 is 42.5. The number of nitrogens with one attached hydrogen (secondary N) is 1. The zero-order chi connectivity index (χ0) is 29.7. The number of hydrogen-bond acceptors (Lipinski definition) is 5. The number of hydrogen-bond donors (Lipinski definition) is 1. The van der Waals surface area contributed by atoms with E-state index in [2.05, 4.69) is 51.1 Å². The van der Waals surface area contributed by atoms with Gasteiger partial charge in [0.25, 0.3) is 0 Å². The van der Waals surface area contributed by atoms with Gasteiger partial charge in [0, 0.05) is 11.8 Å². The third-order valence-electron chi connectivity index (χ3n) is 6.50. The quantitative estimate of drug-likeness (QED) is 0.237. The first-order chi connectivity index (χ1) is 20.2. The third kappa shape index (κ3) is 6.98. The van der Waals surface area contributed by atoms with Gasteiger partial charge in [-0.1, -0.05) is 72.8 Å². The molecule has 4 aromatic rings. The molecule has 2 amide bonds. The standard InChI is InChI=1S/C31H26F3N5O2S/c1-3-22-6-4-5-7-26(22)27-20(2)18-42-29(27)37-30(40)35-17-16-21-8-10-23(11-9-21)28-36-19-39(38-28)24-12-14-25(15-13-24)41-31(32,33)34/h4-19,27H,3H2,1-2H3,(H,35,40)/b17-16+,37-29?. The van der Waals surface area contributed by atoms with Crippen LogP contribution in [0.1, 0.15) is 36.5 Å². The second-order valence-corrected chi connectivity index (χ2v) is 10.3. The minimum atomic E-state index is -4.75. The van der Waals surface area contributed by atoms with Crippen molar-refractivity contribution in [2.45, 2.75) is 32.5 Å². The van der Waals surface area contributed by atoms with Crippen molar-refractivity contribution in [1.29, 1.82) is 0 Å². The normalized spacial score (nSPS) is 16.2. The average Bonchev–Trinajstić information content (AvgIpc) is 3.60. The van der Waals surface area contributed by atoms with Crippen molar-refractivity contribution in [2.75, 3.05) is 0 Å². The SMILES string of the molecule is CCc1ccccc1C1C(C)=CSC1=NC(=O)N/C=C/c1ccc(-c2ncn(-c3ccc(OC(F)(F)F)cc3)n2)cc1. The van der Waals surface area contributed by atoms with Crippen molar-refractivity contribution in [2.24, 2.45) is 4.99 Å². The first kappa shape index (κ1) is 28.9. The summed E-state index contributed by atoms with van der Waals surface area (Å²) in [6.07, 6.45) is 0.940. The van der Waals surface area contributed by atoms with E-state index in [9.17, 15) is 18.0 Å². The Kier molecular flexibility index (Phi) is 8.58. The summed E-state index contributed by atoms with van der Waals surface area (Å²) in [7, 11) is 0. The number of aryl methyl sites for hydroxylation is 1. The van der Waals surface area contributed by atoms with Gasteiger partial charge >= 0.3 is 12.4 Å². The molecule has 0 saturated carbocycles. The lowest BCUT2D eigenvalue weighted by Crippen LogP contribution is -2.17. The Hall–Kier alpha value is -4.64. The molecule has 1 aliphatic rings. The molecule has 1 aliphatic heterocycles. The minimum absolute atomic E-state index is 0.0201. The average molecular weight is 590 g/mol. The number of amides is 2. The van der Waals surface area contributed by atoms with Gasteiger partial charge in [0.05, 0.1) is 16.6 Å². The van der Waals surface area contributed by atoms with Gasteiger partial charge in [0.1, 0.15) is 12.1 Å². The van der Waals surface area contributed by atoms with Crippen LogP contribution in [-0.2, 0) is 6.42 Å². The predicted octanol–water partition coefficient (Wildman–Crippen LogP) is 7.91. The molecule has 1 N–H and O–H groups in total. The van der Waals surface area contributed by atoms with Gasteiger partial charge in [0.15, 0.2) is 5.82 Å². The highest BCUT2D eigenvalue weighted by atomic mass is 32.2. The van der Waals surface area contributed by atoms with Crippen LogP contribution in [0.25, 0.3) is 23.2 Å². The van der Waals surface area contributed by atoms with Gasteiger partial charge in [-0.2, -0.15) is 4.99 Å². The van der Waals surface area contributed by atoms with E-state index in [1.54, 1.807) is 12.3 Å². The van der Waals surface area contributed by atoms with Gasteiger partial charge in [-0.05, 0) is 65.8 Å². The fraction of sp³-hybridized carbons (Fsp3) is 0.161. The number of aromatic nitrogens is 3. The van der Waals surface area contributed by atoms with Crippen LogP contribution in [0.4, 0.5) is 18.0 Å². The zero-order valence-corrected chi connectivity index (χ0v) is 23.5. The third-order valence-corrected chi connectivity index (χ3v) is 7.56. The molecule has 0 saturated heterocycles. The number of thioether (sulfide) groups is 1. The summed E-state index contributed by atoms with van der Waals surface area (Å²) in [5, 5.41) is 9.92. The molecule has 0 radical (unpaired) electrons. The Labute approximate surface area is 244 Å². The Morgan fingerprint density at radius 3 is 2.55 bits per heavy atom. The Morgan fingerprint density at radius 2 is 1.83 bits per heavy atom. The minimum Gasteiger partial charge on any atom is -0.406 e. The highest BCUT2D eigenvalue weighted by Gasteiger charge is 2.31. The number of carbonyl (C=O) groups is 1. The zero-order valence-electron chi connectivity index (χ0n) is 22.7. The van der Waals surface area contributed by atoms with Crippen LogP contribution < -0.4 is 10.1 Å². The van der Waals surface area contributed by atoms with Crippen molar-refractivity contribution in [3.05, 3.63) is 113 Å². The predicted molar refractivity (Wildman–Crippen MR) is 158 cm³/mol.